The lowest BCUT2D eigenvalue weighted by Crippen LogP contribution is -2.45. The van der Waals surface area contributed by atoms with Crippen LogP contribution in [-0.2, 0) is 0 Å². The number of likely N-dealkylation sites (tertiary alicyclic amines) is 1. The molecule has 1 amide bonds. The Morgan fingerprint density at radius 2 is 1.88 bits per heavy atom. The first-order valence-corrected chi connectivity index (χ1v) is 8.63. The molecule has 5 heteroatoms. The first kappa shape index (κ1) is 17.6. The average Bonchev–Trinajstić information content (AvgIpc) is 2.64. The van der Waals surface area contributed by atoms with Crippen molar-refractivity contribution in [2.24, 2.45) is 0 Å². The van der Waals surface area contributed by atoms with E-state index in [-0.39, 0.29) is 17.8 Å². The van der Waals surface area contributed by atoms with E-state index >= 15 is 0 Å². The molecule has 1 saturated heterocycles. The van der Waals surface area contributed by atoms with E-state index in [2.05, 4.69) is 10.2 Å². The summed E-state index contributed by atoms with van der Waals surface area (Å²) in [6.45, 7) is 2.07. The van der Waals surface area contributed by atoms with Crippen LogP contribution in [0.2, 0.25) is 0 Å². The number of halogens is 1. The van der Waals surface area contributed by atoms with Crippen molar-refractivity contribution in [3.63, 3.8) is 0 Å². The van der Waals surface area contributed by atoms with Gasteiger partial charge in [-0.2, -0.15) is 0 Å². The van der Waals surface area contributed by atoms with E-state index in [1.54, 1.807) is 24.3 Å². The van der Waals surface area contributed by atoms with Crippen molar-refractivity contribution in [3.8, 4) is 0 Å². The maximum absolute atomic E-state index is 13.3. The smallest absolute Gasteiger partial charge is 0.251 e. The number of aliphatic hydroxyl groups excluding tert-OH is 1. The number of nitrogens with zero attached hydrogens (tertiary/aromatic N) is 1. The Balaban J connectivity index is 1.46. The molecule has 1 heterocycles. The Labute approximate surface area is 147 Å². The number of hydrogen-bond acceptors (Lipinski definition) is 3. The summed E-state index contributed by atoms with van der Waals surface area (Å²) >= 11 is 0. The third-order valence-electron chi connectivity index (χ3n) is 4.62. The molecule has 0 aliphatic carbocycles. The number of hydrogen-bond donors (Lipinski definition) is 2. The van der Waals surface area contributed by atoms with Crippen molar-refractivity contribution >= 4 is 5.91 Å². The van der Waals surface area contributed by atoms with E-state index in [1.165, 1.54) is 12.1 Å². The van der Waals surface area contributed by atoms with E-state index < -0.39 is 6.10 Å². The summed E-state index contributed by atoms with van der Waals surface area (Å²) in [6.07, 6.45) is 0.981. The first-order chi connectivity index (χ1) is 12.1. The lowest BCUT2D eigenvalue weighted by molar-refractivity contribution is 0.0827. The van der Waals surface area contributed by atoms with Crippen LogP contribution in [-0.4, -0.2) is 41.6 Å². The maximum atomic E-state index is 13.3. The van der Waals surface area contributed by atoms with Crippen LogP contribution in [0.3, 0.4) is 0 Å². The minimum atomic E-state index is -0.703. The molecule has 1 atom stereocenters. The van der Waals surface area contributed by atoms with Gasteiger partial charge in [0.25, 0.3) is 5.91 Å². The van der Waals surface area contributed by atoms with E-state index in [0.717, 1.165) is 25.9 Å². The van der Waals surface area contributed by atoms with Gasteiger partial charge in [-0.05, 0) is 42.7 Å². The van der Waals surface area contributed by atoms with Gasteiger partial charge in [-0.1, -0.05) is 30.3 Å². The minimum absolute atomic E-state index is 0.0427. The van der Waals surface area contributed by atoms with Gasteiger partial charge in [-0.3, -0.25) is 4.79 Å². The molecule has 2 aromatic carbocycles. The fourth-order valence-corrected chi connectivity index (χ4v) is 3.18. The molecule has 132 valence electrons. The average molecular weight is 342 g/mol. The molecule has 0 saturated carbocycles. The van der Waals surface area contributed by atoms with E-state index in [9.17, 15) is 14.3 Å². The predicted molar refractivity (Wildman–Crippen MR) is 94.7 cm³/mol. The fourth-order valence-electron chi connectivity index (χ4n) is 3.18. The molecule has 2 N–H and O–H groups in total. The lowest BCUT2D eigenvalue weighted by atomic mass is 10.0. The zero-order valence-corrected chi connectivity index (χ0v) is 14.1. The molecule has 0 unspecified atom stereocenters. The molecule has 0 spiro atoms. The van der Waals surface area contributed by atoms with Gasteiger partial charge in [0.2, 0.25) is 0 Å². The van der Waals surface area contributed by atoms with Gasteiger partial charge in [0.05, 0.1) is 6.10 Å². The van der Waals surface area contributed by atoms with Crippen LogP contribution >= 0.6 is 0 Å². The summed E-state index contributed by atoms with van der Waals surface area (Å²) in [5.41, 5.74) is 1.27. The number of piperidine rings is 1. The molecule has 3 rings (SSSR count). The van der Waals surface area contributed by atoms with Crippen LogP contribution in [0.1, 0.15) is 34.9 Å². The fraction of sp³-hybridized carbons (Fsp3) is 0.350. The Morgan fingerprint density at radius 1 is 1.16 bits per heavy atom. The van der Waals surface area contributed by atoms with Crippen LogP contribution < -0.4 is 5.32 Å². The third kappa shape index (κ3) is 4.87. The van der Waals surface area contributed by atoms with Crippen LogP contribution in [0.5, 0.6) is 0 Å². The topological polar surface area (TPSA) is 52.6 Å². The number of amides is 1. The highest BCUT2D eigenvalue weighted by molar-refractivity contribution is 5.94. The van der Waals surface area contributed by atoms with E-state index in [1.807, 2.05) is 18.2 Å². The molecular weight excluding hydrogens is 319 g/mol. The summed E-state index contributed by atoms with van der Waals surface area (Å²) in [6, 6.07) is 15.4. The van der Waals surface area contributed by atoms with Crippen LogP contribution in [0.15, 0.2) is 54.6 Å². The molecule has 25 heavy (non-hydrogen) atoms. The van der Waals surface area contributed by atoms with Crippen molar-refractivity contribution in [2.45, 2.75) is 25.0 Å². The second-order valence-electron chi connectivity index (χ2n) is 6.49. The number of aliphatic hydroxyl groups is 1. The second-order valence-corrected chi connectivity index (χ2v) is 6.49. The Bertz CT molecular complexity index is 700. The quantitative estimate of drug-likeness (QED) is 0.878. The lowest BCUT2D eigenvalue weighted by Gasteiger charge is -2.33. The third-order valence-corrected chi connectivity index (χ3v) is 4.62. The normalized spacial score (nSPS) is 17.2. The van der Waals surface area contributed by atoms with Crippen molar-refractivity contribution in [1.82, 2.24) is 10.2 Å². The molecule has 0 aromatic heterocycles. The molecule has 1 aliphatic heterocycles. The number of carbonyl (C=O) groups excluding carboxylic acids is 1. The number of carbonyl (C=O) groups is 1. The van der Waals surface area contributed by atoms with Crippen molar-refractivity contribution in [2.75, 3.05) is 19.6 Å². The van der Waals surface area contributed by atoms with Crippen molar-refractivity contribution < 1.29 is 14.3 Å². The molecule has 1 aliphatic rings. The van der Waals surface area contributed by atoms with E-state index in [4.69, 9.17) is 0 Å². The molecular formula is C20H23FN2O2. The largest absolute Gasteiger partial charge is 0.387 e. The standard InChI is InChI=1S/C20H23FN2O2/c21-17-8-4-7-16(13-17)19(24)14-23-11-9-18(10-12-23)22-20(25)15-5-2-1-3-6-15/h1-8,13,18-19,24H,9-12,14H2,(H,22,25)/t19-/m0/s1. The van der Waals surface area contributed by atoms with Gasteiger partial charge < -0.3 is 15.3 Å². The molecule has 0 bridgehead atoms. The molecule has 1 fully saturated rings. The van der Waals surface area contributed by atoms with Gasteiger partial charge in [0.1, 0.15) is 5.82 Å². The SMILES string of the molecule is O=C(NC1CCN(C[C@H](O)c2cccc(F)c2)CC1)c1ccccc1. The summed E-state index contributed by atoms with van der Waals surface area (Å²) < 4.78 is 13.3. The van der Waals surface area contributed by atoms with Crippen LogP contribution in [0.4, 0.5) is 4.39 Å². The number of benzene rings is 2. The van der Waals surface area contributed by atoms with Gasteiger partial charge >= 0.3 is 0 Å². The zero-order chi connectivity index (χ0) is 17.6. The summed E-state index contributed by atoms with van der Waals surface area (Å²) in [5, 5.41) is 13.3. The zero-order valence-electron chi connectivity index (χ0n) is 14.1. The van der Waals surface area contributed by atoms with Crippen LogP contribution in [0, 0.1) is 5.82 Å². The van der Waals surface area contributed by atoms with Gasteiger partial charge in [0, 0.05) is 31.2 Å². The number of rotatable bonds is 5. The molecule has 4 nitrogen and oxygen atoms in total. The Hall–Kier alpha value is -2.24. The van der Waals surface area contributed by atoms with Gasteiger partial charge in [-0.25, -0.2) is 4.39 Å². The van der Waals surface area contributed by atoms with Crippen molar-refractivity contribution in [1.29, 1.82) is 0 Å². The first-order valence-electron chi connectivity index (χ1n) is 8.63. The molecule has 2 aromatic rings. The van der Waals surface area contributed by atoms with Crippen LogP contribution in [0.25, 0.3) is 0 Å². The summed E-state index contributed by atoms with van der Waals surface area (Å²) in [7, 11) is 0. The maximum Gasteiger partial charge on any atom is 0.251 e. The highest BCUT2D eigenvalue weighted by Gasteiger charge is 2.23. The number of nitrogens with one attached hydrogen (secondary N) is 1. The number of β-amino-alcohol motifs (C(OH)–C–C–N with tert-alkyl or cyclic N) is 1. The summed E-state index contributed by atoms with van der Waals surface area (Å²) in [4.78, 5) is 14.3. The van der Waals surface area contributed by atoms with Gasteiger partial charge in [-0.15, -0.1) is 0 Å². The van der Waals surface area contributed by atoms with Crippen molar-refractivity contribution in [3.05, 3.63) is 71.5 Å². The van der Waals surface area contributed by atoms with Gasteiger partial charge in [0.15, 0.2) is 0 Å². The Morgan fingerprint density at radius 3 is 2.56 bits per heavy atom. The highest BCUT2D eigenvalue weighted by Crippen LogP contribution is 2.18. The second kappa shape index (κ2) is 8.23. The monoisotopic (exact) mass is 342 g/mol. The molecule has 0 radical (unpaired) electrons. The highest BCUT2D eigenvalue weighted by atomic mass is 19.1. The predicted octanol–water partition coefficient (Wildman–Crippen LogP) is 2.75. The minimum Gasteiger partial charge on any atom is -0.387 e. The summed E-state index contributed by atoms with van der Waals surface area (Å²) in [5.74, 6) is -0.377. The Kier molecular flexibility index (Phi) is 5.79. The van der Waals surface area contributed by atoms with E-state index in [0.29, 0.717) is 17.7 Å².